The number of amides is 1. The van der Waals surface area contributed by atoms with Crippen LogP contribution >= 0.6 is 0 Å². The topological polar surface area (TPSA) is 88.7 Å². The molecule has 6 heteroatoms. The Labute approximate surface area is 190 Å². The van der Waals surface area contributed by atoms with Gasteiger partial charge in [0.05, 0.1) is 0 Å². The molecule has 0 spiro atoms. The Morgan fingerprint density at radius 1 is 1.16 bits per heavy atom. The van der Waals surface area contributed by atoms with Crippen LogP contribution < -0.4 is 21.1 Å². The van der Waals surface area contributed by atoms with Crippen molar-refractivity contribution in [3.8, 4) is 5.75 Å². The number of primary amides is 1. The summed E-state index contributed by atoms with van der Waals surface area (Å²) in [4.78, 5) is 16.1. The Bertz CT molecular complexity index is 1060. The highest BCUT2D eigenvalue weighted by Gasteiger charge is 2.25. The lowest BCUT2D eigenvalue weighted by molar-refractivity contribution is 0.100. The second kappa shape index (κ2) is 10.2. The van der Waals surface area contributed by atoms with Crippen molar-refractivity contribution < 1.29 is 9.53 Å². The minimum absolute atomic E-state index is 0.169. The molecule has 2 aromatic rings. The molecule has 1 aliphatic heterocycles. The van der Waals surface area contributed by atoms with Gasteiger partial charge in [-0.2, -0.15) is 0 Å². The second-order valence-electron chi connectivity index (χ2n) is 8.15. The van der Waals surface area contributed by atoms with E-state index in [4.69, 9.17) is 15.5 Å². The Kier molecular flexibility index (Phi) is 7.36. The summed E-state index contributed by atoms with van der Waals surface area (Å²) in [6, 6.07) is 11.3. The van der Waals surface area contributed by atoms with Gasteiger partial charge in [0.2, 0.25) is 5.91 Å². The Morgan fingerprint density at radius 3 is 2.41 bits per heavy atom. The highest BCUT2D eigenvalue weighted by molar-refractivity contribution is 5.98. The van der Waals surface area contributed by atoms with E-state index >= 15 is 0 Å². The molecule has 2 aromatic carbocycles. The third-order valence-electron chi connectivity index (χ3n) is 5.38. The highest BCUT2D eigenvalue weighted by Crippen LogP contribution is 2.30. The number of ether oxygens (including phenoxy) is 1. The van der Waals surface area contributed by atoms with E-state index in [1.807, 2.05) is 31.3 Å². The first-order chi connectivity index (χ1) is 15.3. The number of rotatable bonds is 7. The van der Waals surface area contributed by atoms with E-state index in [9.17, 15) is 4.79 Å². The van der Waals surface area contributed by atoms with Crippen molar-refractivity contribution >= 4 is 17.4 Å². The Balaban J connectivity index is 1.88. The van der Waals surface area contributed by atoms with Crippen LogP contribution in [0.5, 0.6) is 5.75 Å². The van der Waals surface area contributed by atoms with Gasteiger partial charge in [0, 0.05) is 23.2 Å². The van der Waals surface area contributed by atoms with Gasteiger partial charge in [-0.15, -0.1) is 0 Å². The normalized spacial score (nSPS) is 16.2. The van der Waals surface area contributed by atoms with E-state index in [2.05, 4.69) is 50.5 Å². The molecule has 0 aliphatic carbocycles. The third-order valence-corrected chi connectivity index (χ3v) is 5.38. The summed E-state index contributed by atoms with van der Waals surface area (Å²) in [6.45, 7) is 10.4. The van der Waals surface area contributed by atoms with Crippen molar-refractivity contribution in [2.24, 2.45) is 10.7 Å². The van der Waals surface area contributed by atoms with Crippen molar-refractivity contribution in [2.45, 2.75) is 53.6 Å². The maximum absolute atomic E-state index is 11.3. The molecule has 6 nitrogen and oxygen atoms in total. The number of carbonyl (C=O) groups is 1. The molecule has 0 fully saturated rings. The number of nitrogens with two attached hydrogens (primary N) is 1. The van der Waals surface area contributed by atoms with Crippen LogP contribution in [0.1, 0.15) is 53.7 Å². The van der Waals surface area contributed by atoms with E-state index in [0.717, 1.165) is 46.2 Å². The third kappa shape index (κ3) is 5.58. The number of hydrogen-bond donors (Lipinski definition) is 3. The maximum atomic E-state index is 11.3. The van der Waals surface area contributed by atoms with E-state index in [1.165, 1.54) is 5.56 Å². The van der Waals surface area contributed by atoms with Gasteiger partial charge in [-0.25, -0.2) is 4.99 Å². The number of nitrogens with zero attached hydrogens (tertiary/aromatic N) is 1. The molecule has 32 heavy (non-hydrogen) atoms. The quantitative estimate of drug-likeness (QED) is 0.567. The van der Waals surface area contributed by atoms with Gasteiger partial charge < -0.3 is 21.1 Å². The van der Waals surface area contributed by atoms with Gasteiger partial charge in [-0.3, -0.25) is 4.79 Å². The SMILES string of the molecule is CC/C=C/NC1=C(C)C(Oc2c(C)cc(C)cc2C)CC(Nc2ccc(C(N)=O)cc2)=N1. The van der Waals surface area contributed by atoms with Crippen molar-refractivity contribution in [3.05, 3.63) is 82.3 Å². The zero-order valence-corrected chi connectivity index (χ0v) is 19.5. The number of nitrogens with one attached hydrogen (secondary N) is 2. The molecular formula is C26H32N4O2. The monoisotopic (exact) mass is 432 g/mol. The summed E-state index contributed by atoms with van der Waals surface area (Å²) in [5.41, 5.74) is 11.1. The number of carbonyl (C=O) groups excluding carboxylic acids is 1. The summed E-state index contributed by atoms with van der Waals surface area (Å²) in [5.74, 6) is 2.01. The molecular weight excluding hydrogens is 400 g/mol. The van der Waals surface area contributed by atoms with Gasteiger partial charge in [-0.1, -0.05) is 30.7 Å². The zero-order chi connectivity index (χ0) is 23.3. The van der Waals surface area contributed by atoms with Gasteiger partial charge in [-0.05, 0) is 75.7 Å². The molecule has 1 amide bonds. The van der Waals surface area contributed by atoms with Gasteiger partial charge in [0.1, 0.15) is 23.5 Å². The minimum Gasteiger partial charge on any atom is -0.485 e. The summed E-state index contributed by atoms with van der Waals surface area (Å²) in [6.07, 6.45) is 5.31. The fourth-order valence-corrected chi connectivity index (χ4v) is 3.74. The molecule has 0 aromatic heterocycles. The maximum Gasteiger partial charge on any atom is 0.248 e. The Hall–Kier alpha value is -3.54. The average Bonchev–Trinajstić information content (AvgIpc) is 2.74. The molecule has 1 heterocycles. The predicted octanol–water partition coefficient (Wildman–Crippen LogP) is 5.12. The molecule has 168 valence electrons. The summed E-state index contributed by atoms with van der Waals surface area (Å²) in [5, 5.41) is 6.66. The molecule has 0 saturated heterocycles. The standard InChI is InChI=1S/C26H32N4O2/c1-6-7-12-28-26-19(5)22(32-24-17(3)13-16(2)14-18(24)4)15-23(30-26)29-21-10-8-20(9-11-21)25(27)31/h7-14,22,28H,6,15H2,1-5H3,(H2,27,31)(H,29,30)/b12-7+. The number of aliphatic imine (C=N–C) groups is 1. The lowest BCUT2D eigenvalue weighted by Gasteiger charge is -2.28. The van der Waals surface area contributed by atoms with Crippen LogP contribution in [0, 0.1) is 20.8 Å². The van der Waals surface area contributed by atoms with Gasteiger partial charge in [0.15, 0.2) is 0 Å². The van der Waals surface area contributed by atoms with E-state index in [1.54, 1.807) is 12.1 Å². The van der Waals surface area contributed by atoms with Crippen molar-refractivity contribution in [1.29, 1.82) is 0 Å². The molecule has 4 N–H and O–H groups in total. The molecule has 1 unspecified atom stereocenters. The fourth-order valence-electron chi connectivity index (χ4n) is 3.74. The second-order valence-corrected chi connectivity index (χ2v) is 8.15. The zero-order valence-electron chi connectivity index (χ0n) is 19.5. The van der Waals surface area contributed by atoms with Crippen molar-refractivity contribution in [2.75, 3.05) is 5.32 Å². The van der Waals surface area contributed by atoms with Crippen LogP contribution in [0.25, 0.3) is 0 Å². The number of hydrogen-bond acceptors (Lipinski definition) is 5. The molecule has 0 saturated carbocycles. The van der Waals surface area contributed by atoms with Crippen LogP contribution in [-0.2, 0) is 0 Å². The fraction of sp³-hybridized carbons (Fsp3) is 0.308. The van der Waals surface area contributed by atoms with Gasteiger partial charge in [0.25, 0.3) is 0 Å². The molecule has 0 radical (unpaired) electrons. The Morgan fingerprint density at radius 2 is 1.81 bits per heavy atom. The summed E-state index contributed by atoms with van der Waals surface area (Å²) >= 11 is 0. The first-order valence-electron chi connectivity index (χ1n) is 10.9. The smallest absolute Gasteiger partial charge is 0.248 e. The number of aryl methyl sites for hydroxylation is 3. The molecule has 1 atom stereocenters. The van der Waals surface area contributed by atoms with Crippen LogP contribution in [0.15, 0.2) is 65.1 Å². The number of anilines is 1. The molecule has 3 rings (SSSR count). The highest BCUT2D eigenvalue weighted by atomic mass is 16.5. The number of allylic oxidation sites excluding steroid dienone is 1. The van der Waals surface area contributed by atoms with Crippen molar-refractivity contribution in [1.82, 2.24) is 5.32 Å². The van der Waals surface area contributed by atoms with Crippen LogP contribution in [0.2, 0.25) is 0 Å². The van der Waals surface area contributed by atoms with Crippen molar-refractivity contribution in [3.63, 3.8) is 0 Å². The van der Waals surface area contributed by atoms with Gasteiger partial charge >= 0.3 is 0 Å². The lowest BCUT2D eigenvalue weighted by Crippen LogP contribution is -2.32. The predicted molar refractivity (Wildman–Crippen MR) is 131 cm³/mol. The van der Waals surface area contributed by atoms with Crippen LogP contribution in [0.3, 0.4) is 0 Å². The van der Waals surface area contributed by atoms with E-state index in [0.29, 0.717) is 12.0 Å². The lowest BCUT2D eigenvalue weighted by atomic mass is 10.0. The minimum atomic E-state index is -0.448. The van der Waals surface area contributed by atoms with Crippen LogP contribution in [0.4, 0.5) is 5.69 Å². The number of benzene rings is 2. The molecule has 0 bridgehead atoms. The largest absolute Gasteiger partial charge is 0.485 e. The first kappa shape index (κ1) is 23.1. The average molecular weight is 433 g/mol. The number of amidine groups is 1. The van der Waals surface area contributed by atoms with Crippen LogP contribution in [-0.4, -0.2) is 17.8 Å². The summed E-state index contributed by atoms with van der Waals surface area (Å²) in [7, 11) is 0. The summed E-state index contributed by atoms with van der Waals surface area (Å²) < 4.78 is 6.54. The molecule has 1 aliphatic rings. The van der Waals surface area contributed by atoms with E-state index in [-0.39, 0.29) is 6.10 Å². The first-order valence-corrected chi connectivity index (χ1v) is 10.9. The van der Waals surface area contributed by atoms with E-state index < -0.39 is 5.91 Å².